The molecule has 1 atom stereocenters. The van der Waals surface area contributed by atoms with Gasteiger partial charge < -0.3 is 14.8 Å². The zero-order valence-electron chi connectivity index (χ0n) is 14.0. The molecule has 0 aromatic heterocycles. The molecular formula is C16H22N2O5S2. The van der Waals surface area contributed by atoms with Crippen molar-refractivity contribution in [2.45, 2.75) is 36.2 Å². The number of hydrogen-bond donors (Lipinski definition) is 2. The summed E-state index contributed by atoms with van der Waals surface area (Å²) < 4.78 is 38.8. The van der Waals surface area contributed by atoms with E-state index >= 15 is 0 Å². The summed E-state index contributed by atoms with van der Waals surface area (Å²) in [7, 11) is -3.84. The molecule has 7 nitrogen and oxygen atoms in total. The summed E-state index contributed by atoms with van der Waals surface area (Å²) in [5.41, 5.74) is 0. The lowest BCUT2D eigenvalue weighted by Gasteiger charge is -2.21. The molecule has 1 amide bonds. The molecule has 2 aliphatic rings. The van der Waals surface area contributed by atoms with Gasteiger partial charge in [0.15, 0.2) is 11.5 Å². The first-order valence-corrected chi connectivity index (χ1v) is 11.1. The molecule has 3 rings (SSSR count). The Hall–Kier alpha value is -1.45. The number of ether oxygens (including phenoxy) is 2. The van der Waals surface area contributed by atoms with E-state index in [0.29, 0.717) is 36.9 Å². The van der Waals surface area contributed by atoms with Gasteiger partial charge in [-0.1, -0.05) is 0 Å². The summed E-state index contributed by atoms with van der Waals surface area (Å²) in [6.45, 7) is 0.819. The number of carbonyl (C=O) groups is 1. The van der Waals surface area contributed by atoms with Gasteiger partial charge in [0, 0.05) is 12.1 Å². The van der Waals surface area contributed by atoms with E-state index in [1.165, 1.54) is 12.1 Å². The molecule has 0 unspecified atom stereocenters. The molecule has 1 aliphatic carbocycles. The molecular weight excluding hydrogens is 364 g/mol. The van der Waals surface area contributed by atoms with Crippen LogP contribution in [-0.2, 0) is 14.8 Å². The van der Waals surface area contributed by atoms with Crippen molar-refractivity contribution in [1.29, 1.82) is 0 Å². The fourth-order valence-electron chi connectivity index (χ4n) is 2.45. The fraction of sp³-hybridized carbons (Fsp3) is 0.562. The summed E-state index contributed by atoms with van der Waals surface area (Å²) in [6.07, 6.45) is 4.26. The number of thioether (sulfide) groups is 1. The molecule has 25 heavy (non-hydrogen) atoms. The number of rotatable bonds is 8. The minimum atomic E-state index is -3.84. The van der Waals surface area contributed by atoms with Crippen LogP contribution in [-0.4, -0.2) is 51.6 Å². The Kier molecular flexibility index (Phi) is 5.75. The van der Waals surface area contributed by atoms with E-state index in [1.54, 1.807) is 17.8 Å². The predicted octanol–water partition coefficient (Wildman–Crippen LogP) is 1.14. The van der Waals surface area contributed by atoms with Crippen molar-refractivity contribution in [3.05, 3.63) is 18.2 Å². The molecule has 0 radical (unpaired) electrons. The Balaban J connectivity index is 1.75. The summed E-state index contributed by atoms with van der Waals surface area (Å²) in [6, 6.07) is 3.86. The number of benzene rings is 1. The third kappa shape index (κ3) is 4.80. The number of nitrogens with one attached hydrogen (secondary N) is 2. The van der Waals surface area contributed by atoms with E-state index in [9.17, 15) is 13.2 Å². The van der Waals surface area contributed by atoms with Gasteiger partial charge >= 0.3 is 0 Å². The molecule has 1 fully saturated rings. The van der Waals surface area contributed by atoms with E-state index < -0.39 is 16.1 Å². The van der Waals surface area contributed by atoms with Crippen LogP contribution in [0.5, 0.6) is 11.5 Å². The SMILES string of the molecule is CSCC[C@H](NS(=O)(=O)c1ccc2c(c1)OCCO2)C(=O)NC1CC1. The highest BCUT2D eigenvalue weighted by atomic mass is 32.2. The average molecular weight is 386 g/mol. The summed E-state index contributed by atoms with van der Waals surface area (Å²) in [5.74, 6) is 1.34. The smallest absolute Gasteiger partial charge is 0.241 e. The standard InChI is InChI=1S/C16H22N2O5S2/c1-24-9-6-13(16(19)17-11-2-3-11)18-25(20,21)12-4-5-14-15(10-12)23-8-7-22-14/h4-5,10-11,13,18H,2-3,6-9H2,1H3,(H,17,19)/t13-/m0/s1. The second kappa shape index (κ2) is 7.84. The Bertz CT molecular complexity index is 734. The average Bonchev–Trinajstić information content (AvgIpc) is 3.42. The van der Waals surface area contributed by atoms with Crippen molar-refractivity contribution in [2.24, 2.45) is 0 Å². The summed E-state index contributed by atoms with van der Waals surface area (Å²) in [4.78, 5) is 12.4. The molecule has 2 N–H and O–H groups in total. The van der Waals surface area contributed by atoms with Gasteiger partial charge in [-0.3, -0.25) is 4.79 Å². The highest BCUT2D eigenvalue weighted by molar-refractivity contribution is 7.98. The van der Waals surface area contributed by atoms with Crippen LogP contribution in [0.4, 0.5) is 0 Å². The number of fused-ring (bicyclic) bond motifs is 1. The second-order valence-electron chi connectivity index (χ2n) is 6.04. The van der Waals surface area contributed by atoms with Crippen molar-refractivity contribution < 1.29 is 22.7 Å². The maximum absolute atomic E-state index is 12.7. The third-order valence-electron chi connectivity index (χ3n) is 3.97. The van der Waals surface area contributed by atoms with Gasteiger partial charge in [-0.25, -0.2) is 8.42 Å². The van der Waals surface area contributed by atoms with E-state index in [-0.39, 0.29) is 16.8 Å². The van der Waals surface area contributed by atoms with E-state index in [4.69, 9.17) is 9.47 Å². The lowest BCUT2D eigenvalue weighted by Crippen LogP contribution is -2.47. The van der Waals surface area contributed by atoms with Gasteiger partial charge in [0.05, 0.1) is 4.90 Å². The molecule has 1 heterocycles. The number of amides is 1. The first-order valence-electron chi connectivity index (χ1n) is 8.21. The monoisotopic (exact) mass is 386 g/mol. The highest BCUT2D eigenvalue weighted by Crippen LogP contribution is 2.32. The fourth-order valence-corrected chi connectivity index (χ4v) is 4.17. The van der Waals surface area contributed by atoms with Crippen molar-refractivity contribution in [3.8, 4) is 11.5 Å². The maximum Gasteiger partial charge on any atom is 0.241 e. The highest BCUT2D eigenvalue weighted by Gasteiger charge is 2.30. The van der Waals surface area contributed by atoms with E-state index in [1.807, 2.05) is 6.26 Å². The zero-order valence-corrected chi connectivity index (χ0v) is 15.6. The number of carbonyl (C=O) groups excluding carboxylic acids is 1. The molecule has 9 heteroatoms. The Morgan fingerprint density at radius 3 is 2.68 bits per heavy atom. The predicted molar refractivity (Wildman–Crippen MR) is 95.7 cm³/mol. The third-order valence-corrected chi connectivity index (χ3v) is 6.09. The van der Waals surface area contributed by atoms with Crippen LogP contribution >= 0.6 is 11.8 Å². The maximum atomic E-state index is 12.7. The van der Waals surface area contributed by atoms with Crippen molar-refractivity contribution in [3.63, 3.8) is 0 Å². The first kappa shape index (κ1) is 18.3. The van der Waals surface area contributed by atoms with Crippen LogP contribution in [0, 0.1) is 0 Å². The Morgan fingerprint density at radius 2 is 2.00 bits per heavy atom. The molecule has 1 saturated carbocycles. The normalized spacial score (nSPS) is 17.8. The van der Waals surface area contributed by atoms with Crippen LogP contribution in [0.1, 0.15) is 19.3 Å². The molecule has 138 valence electrons. The molecule has 0 bridgehead atoms. The van der Waals surface area contributed by atoms with Gasteiger partial charge in [0.2, 0.25) is 15.9 Å². The van der Waals surface area contributed by atoms with Crippen molar-refractivity contribution in [1.82, 2.24) is 10.0 Å². The quantitative estimate of drug-likeness (QED) is 0.696. The van der Waals surface area contributed by atoms with E-state index in [2.05, 4.69) is 10.0 Å². The molecule has 1 aromatic rings. The van der Waals surface area contributed by atoms with Crippen molar-refractivity contribution >= 4 is 27.7 Å². The second-order valence-corrected chi connectivity index (χ2v) is 8.74. The van der Waals surface area contributed by atoms with Gasteiger partial charge in [0.1, 0.15) is 19.3 Å². The minimum Gasteiger partial charge on any atom is -0.486 e. The van der Waals surface area contributed by atoms with Crippen LogP contribution < -0.4 is 19.5 Å². The first-order chi connectivity index (χ1) is 12.0. The zero-order chi connectivity index (χ0) is 17.9. The van der Waals surface area contributed by atoms with Gasteiger partial charge in [-0.2, -0.15) is 16.5 Å². The lowest BCUT2D eigenvalue weighted by atomic mass is 10.2. The topological polar surface area (TPSA) is 93.7 Å². The van der Waals surface area contributed by atoms with E-state index in [0.717, 1.165) is 12.8 Å². The molecule has 0 saturated heterocycles. The molecule has 0 spiro atoms. The molecule has 1 aliphatic heterocycles. The minimum absolute atomic E-state index is 0.0603. The summed E-state index contributed by atoms with van der Waals surface area (Å²) >= 11 is 1.57. The van der Waals surface area contributed by atoms with Gasteiger partial charge in [-0.05, 0) is 43.4 Å². The number of sulfonamides is 1. The van der Waals surface area contributed by atoms with Gasteiger partial charge in [0.25, 0.3) is 0 Å². The van der Waals surface area contributed by atoms with Crippen LogP contribution in [0.3, 0.4) is 0 Å². The Morgan fingerprint density at radius 1 is 1.28 bits per heavy atom. The van der Waals surface area contributed by atoms with Gasteiger partial charge in [-0.15, -0.1) is 0 Å². The summed E-state index contributed by atoms with van der Waals surface area (Å²) in [5, 5.41) is 2.87. The molecule has 1 aromatic carbocycles. The lowest BCUT2D eigenvalue weighted by molar-refractivity contribution is -0.122. The van der Waals surface area contributed by atoms with Crippen LogP contribution in [0.25, 0.3) is 0 Å². The van der Waals surface area contributed by atoms with Crippen molar-refractivity contribution in [2.75, 3.05) is 25.2 Å². The van der Waals surface area contributed by atoms with Crippen LogP contribution in [0.15, 0.2) is 23.1 Å². The number of hydrogen-bond acceptors (Lipinski definition) is 6. The largest absolute Gasteiger partial charge is 0.486 e. The Labute approximate surface area is 151 Å². The van der Waals surface area contributed by atoms with Crippen LogP contribution in [0.2, 0.25) is 0 Å².